The summed E-state index contributed by atoms with van der Waals surface area (Å²) in [6.45, 7) is 6.14. The maximum atomic E-state index is 13.9. The van der Waals surface area contributed by atoms with Crippen LogP contribution in [0.5, 0.6) is 17.2 Å². The maximum Gasteiger partial charge on any atom is 0.282 e. The number of methoxy groups -OCH3 is 2. The molecule has 9 nitrogen and oxygen atoms in total. The lowest BCUT2D eigenvalue weighted by atomic mass is 9.88. The number of likely N-dealkylation sites (N-methyl/N-ethyl adjacent to an activating group) is 1. The molecule has 2 fully saturated rings. The Morgan fingerprint density at radius 2 is 1.60 bits per heavy atom. The Kier molecular flexibility index (Phi) is 8.94. The van der Waals surface area contributed by atoms with E-state index in [0.717, 1.165) is 24.0 Å². The monoisotopic (exact) mass is 588 g/mol. The van der Waals surface area contributed by atoms with Crippen molar-refractivity contribution in [3.8, 4) is 17.2 Å². The van der Waals surface area contributed by atoms with Gasteiger partial charge in [-0.1, -0.05) is 43.7 Å². The zero-order valence-electron chi connectivity index (χ0n) is 25.6. The van der Waals surface area contributed by atoms with Crippen molar-refractivity contribution in [2.45, 2.75) is 63.7 Å². The van der Waals surface area contributed by atoms with E-state index in [0.29, 0.717) is 29.5 Å². The first kappa shape index (κ1) is 30.4. The molecule has 0 unspecified atom stereocenters. The number of carbonyl (C=O) groups is 2. The second-order valence-corrected chi connectivity index (χ2v) is 11.0. The van der Waals surface area contributed by atoms with Crippen LogP contribution < -0.4 is 19.1 Å². The zero-order chi connectivity index (χ0) is 30.7. The Balaban J connectivity index is 1.53. The molecule has 0 N–H and O–H groups in total. The molecule has 228 valence electrons. The Morgan fingerprint density at radius 3 is 2.26 bits per heavy atom. The fourth-order valence-electron chi connectivity index (χ4n) is 5.66. The van der Waals surface area contributed by atoms with Crippen LogP contribution in [0.1, 0.15) is 56.9 Å². The van der Waals surface area contributed by atoms with E-state index in [2.05, 4.69) is 6.92 Å². The number of β-lactam (4-membered cyclic amide) rings is 1. The third-order valence-electron chi connectivity index (χ3n) is 8.28. The van der Waals surface area contributed by atoms with Gasteiger partial charge in [-0.3, -0.25) is 14.5 Å². The SMILES string of the molecule is CCCCOc1cc(OC)ccc1[C@@H]1[C@H](O[C@@]2(C)O[C@H](c3ccccc3)[C@H](C)N(C)C2=O)C(=O)N1c1ccc(OC)cc1. The van der Waals surface area contributed by atoms with Gasteiger partial charge in [-0.05, 0) is 62.2 Å². The molecule has 2 heterocycles. The lowest BCUT2D eigenvalue weighted by molar-refractivity contribution is -0.290. The van der Waals surface area contributed by atoms with Crippen LogP contribution in [0, 0.1) is 0 Å². The molecule has 0 radical (unpaired) electrons. The molecule has 0 aliphatic carbocycles. The van der Waals surface area contributed by atoms with Gasteiger partial charge in [0.25, 0.3) is 11.8 Å². The average Bonchev–Trinajstić information content (AvgIpc) is 3.04. The van der Waals surface area contributed by atoms with Gasteiger partial charge >= 0.3 is 0 Å². The van der Waals surface area contributed by atoms with Gasteiger partial charge in [0.05, 0.1) is 26.9 Å². The van der Waals surface area contributed by atoms with Gasteiger partial charge in [-0.2, -0.15) is 0 Å². The van der Waals surface area contributed by atoms with Crippen LogP contribution in [-0.2, 0) is 19.1 Å². The van der Waals surface area contributed by atoms with Gasteiger partial charge in [0.1, 0.15) is 29.4 Å². The number of nitrogens with zero attached hydrogens (tertiary/aromatic N) is 2. The summed E-state index contributed by atoms with van der Waals surface area (Å²) >= 11 is 0. The van der Waals surface area contributed by atoms with Crippen molar-refractivity contribution in [3.05, 3.63) is 83.9 Å². The summed E-state index contributed by atoms with van der Waals surface area (Å²) in [4.78, 5) is 30.9. The predicted molar refractivity (Wildman–Crippen MR) is 162 cm³/mol. The van der Waals surface area contributed by atoms with E-state index in [-0.39, 0.29) is 17.9 Å². The quantitative estimate of drug-likeness (QED) is 0.210. The van der Waals surface area contributed by atoms with Gasteiger partial charge in [-0.15, -0.1) is 0 Å². The Bertz CT molecular complexity index is 1430. The predicted octanol–water partition coefficient (Wildman–Crippen LogP) is 5.69. The molecule has 5 rings (SSSR count). The molecule has 0 spiro atoms. The highest BCUT2D eigenvalue weighted by Gasteiger charge is 2.58. The summed E-state index contributed by atoms with van der Waals surface area (Å²) < 4.78 is 30.0. The first-order valence-corrected chi connectivity index (χ1v) is 14.7. The molecule has 2 amide bonds. The molecule has 43 heavy (non-hydrogen) atoms. The lowest BCUT2D eigenvalue weighted by Gasteiger charge is -2.52. The van der Waals surface area contributed by atoms with E-state index in [1.807, 2.05) is 67.6 Å². The van der Waals surface area contributed by atoms with Gasteiger partial charge in [0.15, 0.2) is 6.10 Å². The first-order valence-electron chi connectivity index (χ1n) is 14.7. The van der Waals surface area contributed by atoms with Crippen LogP contribution in [0.15, 0.2) is 72.8 Å². The van der Waals surface area contributed by atoms with E-state index in [1.165, 1.54) is 0 Å². The third kappa shape index (κ3) is 5.79. The van der Waals surface area contributed by atoms with Crippen LogP contribution >= 0.6 is 0 Å². The Hall–Kier alpha value is -4.08. The maximum absolute atomic E-state index is 13.9. The van der Waals surface area contributed by atoms with Crippen molar-refractivity contribution < 1.29 is 33.3 Å². The molecular formula is C34H40N2O7. The Morgan fingerprint density at radius 1 is 0.930 bits per heavy atom. The number of amides is 2. The molecule has 9 heteroatoms. The molecule has 5 atom stereocenters. The number of rotatable bonds is 11. The van der Waals surface area contributed by atoms with Gasteiger partial charge in [0, 0.05) is 24.4 Å². The fourth-order valence-corrected chi connectivity index (χ4v) is 5.66. The van der Waals surface area contributed by atoms with Crippen LogP contribution in [0.2, 0.25) is 0 Å². The van der Waals surface area contributed by atoms with Gasteiger partial charge < -0.3 is 28.6 Å². The van der Waals surface area contributed by atoms with Gasteiger partial charge in [0.2, 0.25) is 5.79 Å². The molecule has 0 bridgehead atoms. The molecule has 0 saturated carbocycles. The number of hydrogen-bond acceptors (Lipinski definition) is 7. The highest BCUT2D eigenvalue weighted by molar-refractivity contribution is 6.05. The van der Waals surface area contributed by atoms with E-state index in [9.17, 15) is 9.59 Å². The van der Waals surface area contributed by atoms with Gasteiger partial charge in [-0.25, -0.2) is 0 Å². The van der Waals surface area contributed by atoms with E-state index >= 15 is 0 Å². The number of ether oxygens (including phenoxy) is 5. The fraction of sp³-hybridized carbons (Fsp3) is 0.412. The van der Waals surface area contributed by atoms with Crippen LogP contribution in [0.3, 0.4) is 0 Å². The second-order valence-electron chi connectivity index (χ2n) is 11.0. The molecule has 0 aromatic heterocycles. The van der Waals surface area contributed by atoms with Crippen LogP contribution in [0.4, 0.5) is 5.69 Å². The molecular weight excluding hydrogens is 548 g/mol. The largest absolute Gasteiger partial charge is 0.497 e. The van der Waals surface area contributed by atoms with Crippen LogP contribution in [-0.4, -0.2) is 62.5 Å². The summed E-state index contributed by atoms with van der Waals surface area (Å²) in [5.74, 6) is -0.453. The normalized spacial score (nSPS) is 25.3. The van der Waals surface area contributed by atoms with Crippen molar-refractivity contribution in [1.82, 2.24) is 4.90 Å². The minimum Gasteiger partial charge on any atom is -0.497 e. The van der Waals surface area contributed by atoms with E-state index < -0.39 is 24.0 Å². The minimum atomic E-state index is -1.71. The second kappa shape index (κ2) is 12.7. The number of benzene rings is 3. The van der Waals surface area contributed by atoms with E-state index in [4.69, 9.17) is 23.7 Å². The molecule has 2 aliphatic rings. The first-order chi connectivity index (χ1) is 20.7. The number of morpholine rings is 1. The zero-order valence-corrected chi connectivity index (χ0v) is 25.6. The summed E-state index contributed by atoms with van der Waals surface area (Å²) in [5.41, 5.74) is 2.33. The molecule has 2 aliphatic heterocycles. The number of hydrogen-bond donors (Lipinski definition) is 0. The van der Waals surface area contributed by atoms with Crippen molar-refractivity contribution in [3.63, 3.8) is 0 Å². The summed E-state index contributed by atoms with van der Waals surface area (Å²) in [6, 6.07) is 21.7. The minimum absolute atomic E-state index is 0.240. The summed E-state index contributed by atoms with van der Waals surface area (Å²) in [6.07, 6.45) is 0.371. The van der Waals surface area contributed by atoms with Crippen molar-refractivity contribution in [2.75, 3.05) is 32.8 Å². The third-order valence-corrected chi connectivity index (χ3v) is 8.28. The molecule has 3 aromatic carbocycles. The smallest absolute Gasteiger partial charge is 0.282 e. The highest BCUT2D eigenvalue weighted by Crippen LogP contribution is 2.48. The topological polar surface area (TPSA) is 86.8 Å². The van der Waals surface area contributed by atoms with Crippen molar-refractivity contribution in [1.29, 1.82) is 0 Å². The summed E-state index contributed by atoms with van der Waals surface area (Å²) in [5, 5.41) is 0. The molecule has 3 aromatic rings. The van der Waals surface area contributed by atoms with Crippen molar-refractivity contribution >= 4 is 17.5 Å². The van der Waals surface area contributed by atoms with Crippen LogP contribution in [0.25, 0.3) is 0 Å². The average molecular weight is 589 g/mol. The number of anilines is 1. The highest BCUT2D eigenvalue weighted by atomic mass is 16.7. The van der Waals surface area contributed by atoms with E-state index in [1.54, 1.807) is 50.1 Å². The molecule has 2 saturated heterocycles. The number of carbonyl (C=O) groups excluding carboxylic acids is 2. The lowest BCUT2D eigenvalue weighted by Crippen LogP contribution is -2.67. The summed E-state index contributed by atoms with van der Waals surface area (Å²) in [7, 11) is 4.93. The number of unbranched alkanes of at least 4 members (excludes halogenated alkanes) is 1. The van der Waals surface area contributed by atoms with Crippen molar-refractivity contribution in [2.24, 2.45) is 0 Å². The Labute approximate surface area is 253 Å². The standard InChI is InChI=1S/C34H40N2O7/c1-7-8-20-41-28-21-26(40-6)18-19-27(28)29-31(32(37)36(29)24-14-16-25(39-5)17-15-24)43-34(3)33(38)35(4)22(2)30(42-34)23-12-10-9-11-13-23/h9-19,21-22,29-31H,7-8,20H2,1-6H3/t22-,29+,30-,31-,34+/m0/s1.